The van der Waals surface area contributed by atoms with Crippen LogP contribution in [0.5, 0.6) is 0 Å². The van der Waals surface area contributed by atoms with Gasteiger partial charge in [-0.3, -0.25) is 8.78 Å². The van der Waals surface area contributed by atoms with Crippen molar-refractivity contribution >= 4 is 19.7 Å². The van der Waals surface area contributed by atoms with Gasteiger partial charge in [0.15, 0.2) is 46.5 Å². The molecule has 1 aromatic carbocycles. The number of sulfone groups is 2. The van der Waals surface area contributed by atoms with Gasteiger partial charge in [-0.05, 0) is 0 Å². The summed E-state index contributed by atoms with van der Waals surface area (Å²) in [4.78, 5) is 0. The highest BCUT2D eigenvalue weighted by Crippen LogP contribution is 2.46. The average molecular weight is 549 g/mol. The van der Waals surface area contributed by atoms with Crippen LogP contribution in [-0.2, 0) is 19.7 Å². The largest absolute Gasteiger partial charge is 0.491 e. The third-order valence-corrected chi connectivity index (χ3v) is 9.04. The van der Waals surface area contributed by atoms with Crippen LogP contribution in [0, 0.1) is 33.7 Å². The molecule has 1 fully saturated rings. The Bertz CT molecular complexity index is 1110. The molecule has 2 rings (SSSR count). The minimum atomic E-state index is -7.76. The lowest BCUT2D eigenvalue weighted by molar-refractivity contribution is -0.0479. The summed E-state index contributed by atoms with van der Waals surface area (Å²) in [5.41, 5.74) is -10.2. The summed E-state index contributed by atoms with van der Waals surface area (Å²) in [5.74, 6) is -16.5. The second kappa shape index (κ2) is 8.38. The van der Waals surface area contributed by atoms with Gasteiger partial charge >= 0.3 is 5.51 Å². The van der Waals surface area contributed by atoms with Gasteiger partial charge in [-0.2, -0.15) is 13.2 Å². The Morgan fingerprint density at radius 2 is 0.879 bits per heavy atom. The summed E-state index contributed by atoms with van der Waals surface area (Å²) < 4.78 is 221. The summed E-state index contributed by atoms with van der Waals surface area (Å²) in [6.45, 7) is 0. The van der Waals surface area contributed by atoms with Gasteiger partial charge in [0.05, 0.1) is 16.2 Å². The molecule has 19 heteroatoms. The molecule has 0 saturated heterocycles. The van der Waals surface area contributed by atoms with E-state index < -0.39 is 101 Å². The van der Waals surface area contributed by atoms with E-state index in [9.17, 15) is 73.9 Å². The summed E-state index contributed by atoms with van der Waals surface area (Å²) in [5, 5.41) is -4.24. The predicted octanol–water partition coefficient (Wildman–Crippen LogP) is 3.64. The lowest BCUT2D eigenvalue weighted by Crippen LogP contribution is -2.60. The number of hydrogen-bond acceptors (Lipinski definition) is 4. The Hall–Kier alpha value is -1.92. The molecule has 0 aliphatic heterocycles. The summed E-state index contributed by atoms with van der Waals surface area (Å²) in [6.07, 6.45) is -20.0. The second-order valence-electron chi connectivity index (χ2n) is 6.41. The topological polar surface area (TPSA) is 68.3 Å². The van der Waals surface area contributed by atoms with E-state index >= 15 is 0 Å². The second-order valence-corrected chi connectivity index (χ2v) is 10.6. The van der Waals surface area contributed by atoms with Gasteiger partial charge < -0.3 is 0 Å². The van der Waals surface area contributed by atoms with Crippen LogP contribution in [-0.4, -0.2) is 58.5 Å². The van der Waals surface area contributed by atoms with Crippen LogP contribution >= 0.6 is 0 Å². The molecular formula is C14H6F13O4S2-. The Kier molecular flexibility index (Phi) is 6.94. The maximum absolute atomic E-state index is 14.1. The predicted molar refractivity (Wildman–Crippen MR) is 80.7 cm³/mol. The van der Waals surface area contributed by atoms with E-state index in [0.717, 1.165) is 0 Å². The van der Waals surface area contributed by atoms with Gasteiger partial charge in [0.1, 0.15) is 16.9 Å². The van der Waals surface area contributed by atoms with Gasteiger partial charge in [-0.15, -0.1) is 0 Å². The van der Waals surface area contributed by atoms with Gasteiger partial charge in [0.2, 0.25) is 9.84 Å². The molecule has 0 amide bonds. The molecule has 4 unspecified atom stereocenters. The normalized spacial score (nSPS) is 29.2. The lowest BCUT2D eigenvalue weighted by atomic mass is 9.91. The first kappa shape index (κ1) is 27.3. The minimum Gasteiger partial charge on any atom is -0.280 e. The molecule has 0 spiro atoms. The number of rotatable bonds is 4. The smallest absolute Gasteiger partial charge is 0.280 e. The van der Waals surface area contributed by atoms with Crippen molar-refractivity contribution in [3.05, 3.63) is 39.2 Å². The molecule has 4 atom stereocenters. The van der Waals surface area contributed by atoms with E-state index in [1.807, 2.05) is 0 Å². The van der Waals surface area contributed by atoms with Crippen LogP contribution in [0.25, 0.3) is 0 Å². The van der Waals surface area contributed by atoms with Crippen molar-refractivity contribution in [3.63, 3.8) is 0 Å². The maximum Gasteiger partial charge on any atom is 0.491 e. The zero-order valence-electron chi connectivity index (χ0n) is 14.8. The number of alkyl halides is 8. The van der Waals surface area contributed by atoms with Crippen molar-refractivity contribution in [3.8, 4) is 0 Å². The molecule has 0 bridgehead atoms. The Labute approximate surface area is 175 Å². The van der Waals surface area contributed by atoms with E-state index in [1.54, 1.807) is 0 Å². The van der Waals surface area contributed by atoms with E-state index in [4.69, 9.17) is 0 Å². The standard InChI is InChI=1S/C14H6F13O4S2/c15-2-1(3(16)5(18)6(19)4(2)17)13(33(30,31)14(25,26)27)32(28,29)12-10(23)8(21)7(20)9(22)11(12)24/h7-12H/q-1. The first-order valence-corrected chi connectivity index (χ1v) is 10.9. The molecule has 190 valence electrons. The zero-order valence-corrected chi connectivity index (χ0v) is 16.5. The Balaban J connectivity index is 2.99. The van der Waals surface area contributed by atoms with Crippen molar-refractivity contribution in [1.82, 2.24) is 0 Å². The van der Waals surface area contributed by atoms with Crippen molar-refractivity contribution in [2.75, 3.05) is 0 Å². The first-order chi connectivity index (χ1) is 14.7. The van der Waals surface area contributed by atoms with Crippen molar-refractivity contribution in [2.24, 2.45) is 0 Å². The van der Waals surface area contributed by atoms with Crippen LogP contribution in [0.1, 0.15) is 5.56 Å². The van der Waals surface area contributed by atoms with E-state index in [1.165, 1.54) is 0 Å². The summed E-state index contributed by atoms with van der Waals surface area (Å²) >= 11 is 0. The summed E-state index contributed by atoms with van der Waals surface area (Å²) in [7, 11) is -15.0. The molecule has 0 heterocycles. The van der Waals surface area contributed by atoms with Gasteiger partial charge in [-0.1, -0.05) is 5.56 Å². The minimum absolute atomic E-state index is 3.10. The van der Waals surface area contributed by atoms with Gasteiger partial charge in [0.25, 0.3) is 0 Å². The highest BCUT2D eigenvalue weighted by molar-refractivity contribution is 8.13. The third-order valence-electron chi connectivity index (χ3n) is 4.42. The zero-order chi connectivity index (χ0) is 26.0. The molecule has 1 aromatic rings. The number of halogens is 13. The lowest BCUT2D eigenvalue weighted by Gasteiger charge is -2.39. The highest BCUT2D eigenvalue weighted by Gasteiger charge is 2.63. The van der Waals surface area contributed by atoms with Gasteiger partial charge in [-0.25, -0.2) is 52.0 Å². The van der Waals surface area contributed by atoms with Crippen LogP contribution in [0.4, 0.5) is 57.1 Å². The maximum atomic E-state index is 14.1. The van der Waals surface area contributed by atoms with E-state index in [-0.39, 0.29) is 0 Å². The molecule has 1 saturated carbocycles. The van der Waals surface area contributed by atoms with Crippen LogP contribution < -0.4 is 0 Å². The molecule has 0 aromatic heterocycles. The monoisotopic (exact) mass is 549 g/mol. The van der Waals surface area contributed by atoms with Crippen molar-refractivity contribution in [1.29, 1.82) is 0 Å². The molecule has 1 aliphatic carbocycles. The van der Waals surface area contributed by atoms with Crippen molar-refractivity contribution < 1.29 is 73.9 Å². The fourth-order valence-corrected chi connectivity index (χ4v) is 7.04. The SMILES string of the molecule is O=S(=O)([C-](c1c(F)c(F)c(F)c(F)c1F)S(=O)(=O)C(F)(F)F)C1C(F)C(F)C(F)C(F)C1F. The van der Waals surface area contributed by atoms with E-state index in [0.29, 0.717) is 0 Å². The van der Waals surface area contributed by atoms with Crippen LogP contribution in [0.3, 0.4) is 0 Å². The molecular weight excluding hydrogens is 543 g/mol. The van der Waals surface area contributed by atoms with Crippen LogP contribution in [0.15, 0.2) is 0 Å². The molecule has 0 radical (unpaired) electrons. The highest BCUT2D eigenvalue weighted by atomic mass is 32.3. The van der Waals surface area contributed by atoms with Crippen molar-refractivity contribution in [2.45, 2.75) is 41.6 Å². The molecule has 33 heavy (non-hydrogen) atoms. The fourth-order valence-electron chi connectivity index (χ4n) is 2.85. The van der Waals surface area contributed by atoms with Gasteiger partial charge in [0, 0.05) is 0 Å². The quantitative estimate of drug-likeness (QED) is 0.249. The molecule has 4 nitrogen and oxygen atoms in total. The van der Waals surface area contributed by atoms with E-state index in [2.05, 4.69) is 0 Å². The summed E-state index contributed by atoms with van der Waals surface area (Å²) in [6, 6.07) is 0. The Morgan fingerprint density at radius 3 is 1.21 bits per heavy atom. The molecule has 1 aliphatic rings. The first-order valence-electron chi connectivity index (χ1n) is 7.87. The number of hydrogen-bond donors (Lipinski definition) is 0. The average Bonchev–Trinajstić information content (AvgIpc) is 2.69. The fraction of sp³-hybridized carbons (Fsp3) is 0.500. The Morgan fingerprint density at radius 1 is 0.576 bits per heavy atom. The molecule has 0 N–H and O–H groups in total. The van der Waals surface area contributed by atoms with Crippen LogP contribution in [0.2, 0.25) is 0 Å². The third kappa shape index (κ3) is 3.99. The number of benzene rings is 1.